The smallest absolute Gasteiger partial charge is 0.329 e. The van der Waals surface area contributed by atoms with Crippen LogP contribution < -0.4 is 20.8 Å². The molecule has 0 spiro atoms. The number of anilines is 2. The van der Waals surface area contributed by atoms with Gasteiger partial charge >= 0.3 is 11.8 Å². The van der Waals surface area contributed by atoms with Crippen LogP contribution in [0, 0.1) is 0 Å². The number of carbonyl (C=O) groups excluding carboxylic acids is 3. The molecule has 0 saturated heterocycles. The number of benzene rings is 2. The van der Waals surface area contributed by atoms with Crippen molar-refractivity contribution in [3.63, 3.8) is 0 Å². The van der Waals surface area contributed by atoms with Gasteiger partial charge in [-0.25, -0.2) is 5.43 Å². The van der Waals surface area contributed by atoms with Crippen molar-refractivity contribution in [3.05, 3.63) is 54.1 Å². The van der Waals surface area contributed by atoms with E-state index in [0.29, 0.717) is 18.0 Å². The van der Waals surface area contributed by atoms with Crippen molar-refractivity contribution in [2.24, 2.45) is 5.10 Å². The van der Waals surface area contributed by atoms with E-state index >= 15 is 0 Å². The van der Waals surface area contributed by atoms with Gasteiger partial charge in [-0.05, 0) is 61.0 Å². The molecule has 140 valence electrons. The van der Waals surface area contributed by atoms with Crippen LogP contribution in [0.25, 0.3) is 0 Å². The molecule has 0 radical (unpaired) electrons. The highest BCUT2D eigenvalue weighted by Crippen LogP contribution is 2.13. The van der Waals surface area contributed by atoms with Crippen LogP contribution in [0.4, 0.5) is 11.4 Å². The summed E-state index contributed by atoms with van der Waals surface area (Å²) in [6.45, 7) is 3.87. The van der Waals surface area contributed by atoms with Crippen molar-refractivity contribution < 1.29 is 19.1 Å². The minimum atomic E-state index is -0.900. The van der Waals surface area contributed by atoms with E-state index < -0.39 is 11.8 Å². The first-order chi connectivity index (χ1) is 13.0. The molecule has 0 bridgehead atoms. The van der Waals surface area contributed by atoms with E-state index in [9.17, 15) is 14.4 Å². The van der Waals surface area contributed by atoms with Gasteiger partial charge in [0, 0.05) is 18.3 Å². The van der Waals surface area contributed by atoms with E-state index in [0.717, 1.165) is 11.3 Å². The van der Waals surface area contributed by atoms with Crippen molar-refractivity contribution in [1.82, 2.24) is 5.43 Å². The monoisotopic (exact) mass is 368 g/mol. The molecule has 3 amide bonds. The summed E-state index contributed by atoms with van der Waals surface area (Å²) >= 11 is 0. The fourth-order valence-electron chi connectivity index (χ4n) is 2.06. The molecular formula is C19H20N4O4. The molecule has 27 heavy (non-hydrogen) atoms. The van der Waals surface area contributed by atoms with Crippen molar-refractivity contribution in [2.75, 3.05) is 17.2 Å². The van der Waals surface area contributed by atoms with Crippen molar-refractivity contribution in [2.45, 2.75) is 13.8 Å². The zero-order valence-corrected chi connectivity index (χ0v) is 15.0. The van der Waals surface area contributed by atoms with Gasteiger partial charge < -0.3 is 15.4 Å². The lowest BCUT2D eigenvalue weighted by Gasteiger charge is -2.06. The Bertz CT molecular complexity index is 830. The molecule has 2 rings (SSSR count). The zero-order valence-electron chi connectivity index (χ0n) is 15.0. The first-order valence-corrected chi connectivity index (χ1v) is 8.23. The SMILES string of the molecule is CCOc1ccc(/C=N/NC(=O)C(=O)Nc2ccc(NC(C)=O)cc2)cc1. The Balaban J connectivity index is 1.84. The lowest BCUT2D eigenvalue weighted by atomic mass is 10.2. The minimum absolute atomic E-state index is 0.198. The normalized spacial score (nSPS) is 10.3. The first kappa shape index (κ1) is 19.6. The molecule has 3 N–H and O–H groups in total. The number of rotatable bonds is 6. The molecule has 0 heterocycles. The Morgan fingerprint density at radius 2 is 1.52 bits per heavy atom. The lowest BCUT2D eigenvalue weighted by molar-refractivity contribution is -0.136. The maximum absolute atomic E-state index is 11.9. The highest BCUT2D eigenvalue weighted by atomic mass is 16.5. The summed E-state index contributed by atoms with van der Waals surface area (Å²) < 4.78 is 5.33. The number of hydrazone groups is 1. The summed E-state index contributed by atoms with van der Waals surface area (Å²) in [5.74, 6) is -1.21. The highest BCUT2D eigenvalue weighted by molar-refractivity contribution is 6.39. The van der Waals surface area contributed by atoms with Crippen LogP contribution in [0.2, 0.25) is 0 Å². The summed E-state index contributed by atoms with van der Waals surface area (Å²) in [6, 6.07) is 13.5. The van der Waals surface area contributed by atoms with Gasteiger partial charge in [0.15, 0.2) is 0 Å². The van der Waals surface area contributed by atoms with Gasteiger partial charge in [0.05, 0.1) is 12.8 Å². The Labute approximate surface area is 156 Å². The second-order valence-electron chi connectivity index (χ2n) is 5.41. The first-order valence-electron chi connectivity index (χ1n) is 8.23. The highest BCUT2D eigenvalue weighted by Gasteiger charge is 2.12. The number of carbonyl (C=O) groups is 3. The number of hydrogen-bond donors (Lipinski definition) is 3. The van der Waals surface area contributed by atoms with Crippen LogP contribution in [0.3, 0.4) is 0 Å². The van der Waals surface area contributed by atoms with E-state index in [1.54, 1.807) is 48.5 Å². The summed E-state index contributed by atoms with van der Waals surface area (Å²) in [5, 5.41) is 8.80. The van der Waals surface area contributed by atoms with E-state index in [1.807, 2.05) is 6.92 Å². The molecule has 0 aliphatic rings. The molecule has 0 aromatic heterocycles. The van der Waals surface area contributed by atoms with Crippen molar-refractivity contribution >= 4 is 35.3 Å². The van der Waals surface area contributed by atoms with Crippen LogP contribution >= 0.6 is 0 Å². The average Bonchev–Trinajstić information content (AvgIpc) is 2.64. The van der Waals surface area contributed by atoms with Crippen LogP contribution in [-0.2, 0) is 14.4 Å². The quantitative estimate of drug-likeness (QED) is 0.412. The Kier molecular flexibility index (Phi) is 7.07. The second-order valence-corrected chi connectivity index (χ2v) is 5.41. The molecule has 0 aliphatic heterocycles. The molecule has 8 nitrogen and oxygen atoms in total. The van der Waals surface area contributed by atoms with Gasteiger partial charge in [-0.3, -0.25) is 14.4 Å². The summed E-state index contributed by atoms with van der Waals surface area (Å²) in [7, 11) is 0. The van der Waals surface area contributed by atoms with Gasteiger partial charge in [-0.2, -0.15) is 5.10 Å². The Hall–Kier alpha value is -3.68. The molecular weight excluding hydrogens is 348 g/mol. The number of hydrogen-bond acceptors (Lipinski definition) is 5. The minimum Gasteiger partial charge on any atom is -0.494 e. The third-order valence-electron chi connectivity index (χ3n) is 3.24. The van der Waals surface area contributed by atoms with E-state index in [2.05, 4.69) is 21.2 Å². The zero-order chi connectivity index (χ0) is 19.6. The Morgan fingerprint density at radius 3 is 2.07 bits per heavy atom. The number of nitrogens with zero attached hydrogens (tertiary/aromatic N) is 1. The molecule has 2 aromatic carbocycles. The van der Waals surface area contributed by atoms with E-state index in [1.165, 1.54) is 13.1 Å². The summed E-state index contributed by atoms with van der Waals surface area (Å²) in [6.07, 6.45) is 1.42. The summed E-state index contributed by atoms with van der Waals surface area (Å²) in [5.41, 5.74) is 3.91. The molecule has 0 fully saturated rings. The maximum atomic E-state index is 11.9. The topological polar surface area (TPSA) is 109 Å². The standard InChI is InChI=1S/C19H20N4O4/c1-3-27-17-10-4-14(5-11-17)12-20-23-19(26)18(25)22-16-8-6-15(7-9-16)21-13(2)24/h4-12H,3H2,1-2H3,(H,21,24)(H,22,25)(H,23,26)/b20-12+. The molecule has 2 aromatic rings. The third-order valence-corrected chi connectivity index (χ3v) is 3.24. The van der Waals surface area contributed by atoms with Gasteiger partial charge in [0.1, 0.15) is 5.75 Å². The van der Waals surface area contributed by atoms with Gasteiger partial charge in [0.25, 0.3) is 0 Å². The predicted molar refractivity (Wildman–Crippen MR) is 103 cm³/mol. The molecule has 0 saturated carbocycles. The van der Waals surface area contributed by atoms with Crippen LogP contribution in [0.1, 0.15) is 19.4 Å². The fourth-order valence-corrected chi connectivity index (χ4v) is 2.06. The van der Waals surface area contributed by atoms with Crippen molar-refractivity contribution in [3.8, 4) is 5.75 Å². The number of amides is 3. The predicted octanol–water partition coefficient (Wildman–Crippen LogP) is 2.13. The molecule has 0 aliphatic carbocycles. The van der Waals surface area contributed by atoms with Gasteiger partial charge in [-0.1, -0.05) is 0 Å². The van der Waals surface area contributed by atoms with Gasteiger partial charge in [0.2, 0.25) is 5.91 Å². The molecule has 8 heteroatoms. The van der Waals surface area contributed by atoms with Crippen molar-refractivity contribution in [1.29, 1.82) is 0 Å². The average molecular weight is 368 g/mol. The van der Waals surface area contributed by atoms with E-state index in [4.69, 9.17) is 4.74 Å². The molecule has 0 unspecified atom stereocenters. The summed E-state index contributed by atoms with van der Waals surface area (Å²) in [4.78, 5) is 34.6. The molecule has 0 atom stereocenters. The Morgan fingerprint density at radius 1 is 0.926 bits per heavy atom. The third kappa shape index (κ3) is 6.62. The van der Waals surface area contributed by atoms with Crippen LogP contribution in [0.5, 0.6) is 5.75 Å². The fraction of sp³-hybridized carbons (Fsp3) is 0.158. The maximum Gasteiger partial charge on any atom is 0.329 e. The van der Waals surface area contributed by atoms with Gasteiger partial charge in [-0.15, -0.1) is 0 Å². The lowest BCUT2D eigenvalue weighted by Crippen LogP contribution is -2.32. The van der Waals surface area contributed by atoms with E-state index in [-0.39, 0.29) is 5.91 Å². The largest absolute Gasteiger partial charge is 0.494 e. The van der Waals surface area contributed by atoms with Crippen LogP contribution in [0.15, 0.2) is 53.6 Å². The number of nitrogens with one attached hydrogen (secondary N) is 3. The number of ether oxygens (including phenoxy) is 1. The second kappa shape index (κ2) is 9.71. The van der Waals surface area contributed by atoms with Crippen LogP contribution in [-0.4, -0.2) is 30.5 Å².